The molecule has 0 aromatic heterocycles. The van der Waals surface area contributed by atoms with Crippen LogP contribution in [0.2, 0.25) is 0 Å². The summed E-state index contributed by atoms with van der Waals surface area (Å²) in [7, 11) is -3.56. The highest BCUT2D eigenvalue weighted by Gasteiger charge is 2.27. The second kappa shape index (κ2) is 8.01. The second-order valence-electron chi connectivity index (χ2n) is 6.62. The average Bonchev–Trinajstić information content (AvgIpc) is 2.94. The molecule has 3 rings (SSSR count). The van der Waals surface area contributed by atoms with Crippen LogP contribution in [0.15, 0.2) is 53.4 Å². The lowest BCUT2D eigenvalue weighted by Gasteiger charge is -2.21. The summed E-state index contributed by atoms with van der Waals surface area (Å²) < 4.78 is 27.7. The Morgan fingerprint density at radius 2 is 1.62 bits per heavy atom. The van der Waals surface area contributed by atoms with Gasteiger partial charge in [-0.15, -0.1) is 0 Å². The Morgan fingerprint density at radius 1 is 0.962 bits per heavy atom. The molecule has 1 heterocycles. The molecular weight excluding hydrogens is 348 g/mol. The molecule has 2 aromatic rings. The topological polar surface area (TPSA) is 66.5 Å². The number of aryl methyl sites for hydroxylation is 1. The van der Waals surface area contributed by atoms with Gasteiger partial charge in [-0.3, -0.25) is 4.79 Å². The van der Waals surface area contributed by atoms with Crippen LogP contribution in [0.5, 0.6) is 0 Å². The van der Waals surface area contributed by atoms with Crippen LogP contribution in [0.3, 0.4) is 0 Å². The standard InChI is InChI=1S/C20H24N2O3S/c1-16-11-12-18(21-20(23)17-9-5-4-6-10-17)15-19(16)26(24,25)22-13-7-2-3-8-14-22/h4-6,9-12,15H,2-3,7-8,13-14H2,1H3,(H,21,23). The van der Waals surface area contributed by atoms with Crippen LogP contribution in [0, 0.1) is 6.92 Å². The van der Waals surface area contributed by atoms with Gasteiger partial charge in [-0.25, -0.2) is 8.42 Å². The Balaban J connectivity index is 1.86. The molecule has 0 spiro atoms. The summed E-state index contributed by atoms with van der Waals surface area (Å²) in [4.78, 5) is 12.6. The minimum atomic E-state index is -3.56. The van der Waals surface area contributed by atoms with Crippen molar-refractivity contribution >= 4 is 21.6 Å². The lowest BCUT2D eigenvalue weighted by molar-refractivity contribution is 0.102. The van der Waals surface area contributed by atoms with E-state index in [1.807, 2.05) is 6.07 Å². The predicted octanol–water partition coefficient (Wildman–Crippen LogP) is 3.81. The van der Waals surface area contributed by atoms with Gasteiger partial charge in [0.15, 0.2) is 0 Å². The Bertz CT molecular complexity index is 871. The molecule has 0 saturated carbocycles. The Kier molecular flexibility index (Phi) is 5.74. The lowest BCUT2D eigenvalue weighted by Crippen LogP contribution is -2.32. The molecule has 1 aliphatic rings. The third-order valence-corrected chi connectivity index (χ3v) is 6.71. The normalized spacial score (nSPS) is 16.0. The maximum atomic E-state index is 13.1. The van der Waals surface area contributed by atoms with Crippen molar-refractivity contribution < 1.29 is 13.2 Å². The number of amides is 1. The van der Waals surface area contributed by atoms with Crippen molar-refractivity contribution in [3.63, 3.8) is 0 Å². The van der Waals surface area contributed by atoms with Crippen molar-refractivity contribution in [2.45, 2.75) is 37.5 Å². The number of anilines is 1. The summed E-state index contributed by atoms with van der Waals surface area (Å²) in [5.74, 6) is -0.257. The van der Waals surface area contributed by atoms with Crippen LogP contribution < -0.4 is 5.32 Å². The van der Waals surface area contributed by atoms with E-state index in [4.69, 9.17) is 0 Å². The Hall–Kier alpha value is -2.18. The summed E-state index contributed by atoms with van der Waals surface area (Å²) in [6, 6.07) is 13.9. The van der Waals surface area contributed by atoms with E-state index in [0.29, 0.717) is 29.9 Å². The van der Waals surface area contributed by atoms with Crippen molar-refractivity contribution in [1.82, 2.24) is 4.31 Å². The molecule has 1 N–H and O–H groups in total. The van der Waals surface area contributed by atoms with Crippen molar-refractivity contribution in [3.8, 4) is 0 Å². The van der Waals surface area contributed by atoms with Crippen molar-refractivity contribution in [2.75, 3.05) is 18.4 Å². The van der Waals surface area contributed by atoms with Gasteiger partial charge >= 0.3 is 0 Å². The van der Waals surface area contributed by atoms with Crippen molar-refractivity contribution in [2.24, 2.45) is 0 Å². The molecule has 0 atom stereocenters. The van der Waals surface area contributed by atoms with Crippen LogP contribution in [0.25, 0.3) is 0 Å². The smallest absolute Gasteiger partial charge is 0.255 e. The maximum absolute atomic E-state index is 13.1. The maximum Gasteiger partial charge on any atom is 0.255 e. The van der Waals surface area contributed by atoms with Crippen LogP contribution in [-0.2, 0) is 10.0 Å². The highest BCUT2D eigenvalue weighted by atomic mass is 32.2. The quantitative estimate of drug-likeness (QED) is 0.887. The summed E-state index contributed by atoms with van der Waals surface area (Å²) >= 11 is 0. The molecule has 2 aromatic carbocycles. The van der Waals surface area contributed by atoms with Gasteiger partial charge in [0.05, 0.1) is 4.90 Å². The van der Waals surface area contributed by atoms with Crippen LogP contribution in [-0.4, -0.2) is 31.7 Å². The summed E-state index contributed by atoms with van der Waals surface area (Å²) in [5, 5.41) is 2.79. The van der Waals surface area contributed by atoms with E-state index in [1.165, 1.54) is 0 Å². The van der Waals surface area contributed by atoms with Gasteiger partial charge in [0.2, 0.25) is 10.0 Å². The van der Waals surface area contributed by atoms with E-state index in [0.717, 1.165) is 25.7 Å². The minimum Gasteiger partial charge on any atom is -0.322 e. The van der Waals surface area contributed by atoms with Gasteiger partial charge in [0.1, 0.15) is 0 Å². The van der Waals surface area contributed by atoms with Gasteiger partial charge in [-0.05, 0) is 49.6 Å². The van der Waals surface area contributed by atoms with E-state index in [2.05, 4.69) is 5.32 Å². The fourth-order valence-corrected chi connectivity index (χ4v) is 4.94. The van der Waals surface area contributed by atoms with Crippen LogP contribution >= 0.6 is 0 Å². The highest BCUT2D eigenvalue weighted by Crippen LogP contribution is 2.26. The molecule has 138 valence electrons. The highest BCUT2D eigenvalue weighted by molar-refractivity contribution is 7.89. The molecule has 0 aliphatic carbocycles. The molecule has 0 radical (unpaired) electrons. The monoisotopic (exact) mass is 372 g/mol. The summed E-state index contributed by atoms with van der Waals surface area (Å²) in [5.41, 5.74) is 1.70. The third-order valence-electron chi connectivity index (χ3n) is 4.66. The molecule has 1 amide bonds. The summed E-state index contributed by atoms with van der Waals surface area (Å²) in [6.45, 7) is 2.90. The van der Waals surface area contributed by atoms with Crippen molar-refractivity contribution in [1.29, 1.82) is 0 Å². The second-order valence-corrected chi connectivity index (χ2v) is 8.53. The number of rotatable bonds is 4. The van der Waals surface area contributed by atoms with Gasteiger partial charge in [0, 0.05) is 24.3 Å². The van der Waals surface area contributed by atoms with E-state index in [-0.39, 0.29) is 10.8 Å². The molecule has 0 bridgehead atoms. The number of sulfonamides is 1. The van der Waals surface area contributed by atoms with E-state index < -0.39 is 10.0 Å². The molecule has 6 heteroatoms. The van der Waals surface area contributed by atoms with Gasteiger partial charge in [0.25, 0.3) is 5.91 Å². The predicted molar refractivity (Wildman–Crippen MR) is 103 cm³/mol. The first-order chi connectivity index (χ1) is 12.5. The van der Waals surface area contributed by atoms with Crippen LogP contribution in [0.4, 0.5) is 5.69 Å². The molecule has 0 unspecified atom stereocenters. The number of nitrogens with one attached hydrogen (secondary N) is 1. The zero-order valence-corrected chi connectivity index (χ0v) is 15.8. The molecule has 26 heavy (non-hydrogen) atoms. The molecule has 1 saturated heterocycles. The van der Waals surface area contributed by atoms with Gasteiger partial charge in [-0.2, -0.15) is 4.31 Å². The molecular formula is C20H24N2O3S. The van der Waals surface area contributed by atoms with E-state index in [1.54, 1.807) is 53.7 Å². The number of carbonyl (C=O) groups excluding carboxylic acids is 1. The van der Waals surface area contributed by atoms with Gasteiger partial charge < -0.3 is 5.32 Å². The Morgan fingerprint density at radius 3 is 2.27 bits per heavy atom. The van der Waals surface area contributed by atoms with E-state index >= 15 is 0 Å². The molecule has 1 fully saturated rings. The zero-order valence-electron chi connectivity index (χ0n) is 14.9. The van der Waals surface area contributed by atoms with Crippen molar-refractivity contribution in [3.05, 3.63) is 59.7 Å². The Labute approximate surface area is 155 Å². The first kappa shape index (κ1) is 18.6. The SMILES string of the molecule is Cc1ccc(NC(=O)c2ccccc2)cc1S(=O)(=O)N1CCCCCC1. The molecule has 1 aliphatic heterocycles. The average molecular weight is 372 g/mol. The first-order valence-corrected chi connectivity index (χ1v) is 10.4. The number of benzene rings is 2. The number of hydrogen-bond donors (Lipinski definition) is 1. The largest absolute Gasteiger partial charge is 0.322 e. The fraction of sp³-hybridized carbons (Fsp3) is 0.350. The number of carbonyl (C=O) groups is 1. The van der Waals surface area contributed by atoms with Gasteiger partial charge in [-0.1, -0.05) is 37.1 Å². The van der Waals surface area contributed by atoms with Crippen LogP contribution in [0.1, 0.15) is 41.6 Å². The minimum absolute atomic E-state index is 0.257. The third kappa shape index (κ3) is 4.14. The number of hydrogen-bond acceptors (Lipinski definition) is 3. The lowest BCUT2D eigenvalue weighted by atomic mass is 10.2. The number of nitrogens with zero attached hydrogens (tertiary/aromatic N) is 1. The first-order valence-electron chi connectivity index (χ1n) is 8.96. The fourth-order valence-electron chi connectivity index (χ4n) is 3.17. The zero-order chi connectivity index (χ0) is 18.6. The van der Waals surface area contributed by atoms with E-state index in [9.17, 15) is 13.2 Å². The molecule has 5 nitrogen and oxygen atoms in total. The summed E-state index contributed by atoms with van der Waals surface area (Å²) in [6.07, 6.45) is 3.92.